The number of methoxy groups -OCH3 is 1. The van der Waals surface area contributed by atoms with Crippen molar-refractivity contribution in [3.63, 3.8) is 0 Å². The number of aromatic nitrogens is 2. The predicted molar refractivity (Wildman–Crippen MR) is 193 cm³/mol. The van der Waals surface area contributed by atoms with Crippen molar-refractivity contribution in [3.05, 3.63) is 126 Å². The van der Waals surface area contributed by atoms with Crippen molar-refractivity contribution in [2.24, 2.45) is 0 Å². The highest BCUT2D eigenvalue weighted by atomic mass is 35.5. The number of nitrogens with zero attached hydrogens (tertiary/aromatic N) is 3. The number of halogens is 2. The van der Waals surface area contributed by atoms with Gasteiger partial charge in [0.25, 0.3) is 0 Å². The number of benzene rings is 4. The first-order chi connectivity index (χ1) is 24.2. The van der Waals surface area contributed by atoms with Crippen LogP contribution in [0.15, 0.2) is 108 Å². The number of hydrogen-bond acceptors (Lipinski definition) is 9. The summed E-state index contributed by atoms with van der Waals surface area (Å²) in [6, 6.07) is 24.0. The maximum atomic E-state index is 13.6. The van der Waals surface area contributed by atoms with Crippen LogP contribution in [0.1, 0.15) is 30.4 Å². The minimum absolute atomic E-state index is 0.0425. The topological polar surface area (TPSA) is 103 Å². The van der Waals surface area contributed by atoms with Crippen LogP contribution < -0.4 is 14.8 Å². The van der Waals surface area contributed by atoms with E-state index < -0.39 is 15.4 Å². The Morgan fingerprint density at radius 2 is 1.84 bits per heavy atom. The fourth-order valence-electron chi connectivity index (χ4n) is 6.03. The molecular formula is C38H38ClFN4O5S. The van der Waals surface area contributed by atoms with E-state index in [0.717, 1.165) is 17.4 Å². The molecular weight excluding hydrogens is 679 g/mol. The van der Waals surface area contributed by atoms with Gasteiger partial charge in [0.05, 0.1) is 34.6 Å². The number of hydrogen-bond donors (Lipinski definition) is 1. The highest BCUT2D eigenvalue weighted by Gasteiger charge is 2.38. The molecule has 0 fully saturated rings. The van der Waals surface area contributed by atoms with E-state index in [0.29, 0.717) is 69.9 Å². The third-order valence-corrected chi connectivity index (χ3v) is 10.7. The van der Waals surface area contributed by atoms with Gasteiger partial charge in [-0.3, -0.25) is 0 Å². The van der Waals surface area contributed by atoms with Crippen molar-refractivity contribution in [2.45, 2.75) is 36.4 Å². The molecule has 1 atom stereocenters. The van der Waals surface area contributed by atoms with Crippen molar-refractivity contribution in [1.82, 2.24) is 14.9 Å². The molecule has 260 valence electrons. The molecule has 0 saturated carbocycles. The Kier molecular flexibility index (Phi) is 10.9. The maximum Gasteiger partial charge on any atom is 0.179 e. The average molecular weight is 717 g/mol. The first-order valence-electron chi connectivity index (χ1n) is 16.2. The van der Waals surface area contributed by atoms with E-state index in [2.05, 4.69) is 15.3 Å². The molecule has 0 spiro atoms. The van der Waals surface area contributed by atoms with Crippen molar-refractivity contribution >= 4 is 43.8 Å². The molecule has 1 aromatic heterocycles. The molecule has 0 amide bonds. The third kappa shape index (κ3) is 8.18. The quantitative estimate of drug-likeness (QED) is 0.115. The van der Waals surface area contributed by atoms with Gasteiger partial charge in [0, 0.05) is 35.7 Å². The lowest BCUT2D eigenvalue weighted by atomic mass is 9.85. The summed E-state index contributed by atoms with van der Waals surface area (Å²) in [6.07, 6.45) is 7.28. The first kappa shape index (κ1) is 35.1. The Balaban J connectivity index is 1.17. The van der Waals surface area contributed by atoms with Crippen LogP contribution in [0.4, 0.5) is 15.9 Å². The van der Waals surface area contributed by atoms with Gasteiger partial charge >= 0.3 is 0 Å². The summed E-state index contributed by atoms with van der Waals surface area (Å²) in [5.74, 6) is 1.41. The second-order valence-electron chi connectivity index (χ2n) is 12.2. The predicted octanol–water partition coefficient (Wildman–Crippen LogP) is 8.07. The Bertz CT molecular complexity index is 2090. The van der Waals surface area contributed by atoms with Crippen molar-refractivity contribution in [2.75, 3.05) is 38.3 Å². The summed E-state index contributed by atoms with van der Waals surface area (Å²) >= 11 is 6.58. The summed E-state index contributed by atoms with van der Waals surface area (Å²) in [5.41, 5.74) is 2.25. The SMILES string of the molecule is COc1cc2ncnc(Nc3ccc(OCc4cccc(F)c4)c(Cl)c3)c2cc1C1(CCCN(C)CCS(=O)(=O)c2ccccc2)CC=CO1. The number of anilines is 2. The summed E-state index contributed by atoms with van der Waals surface area (Å²) in [4.78, 5) is 11.4. The molecule has 2 heterocycles. The lowest BCUT2D eigenvalue weighted by Crippen LogP contribution is -2.30. The van der Waals surface area contributed by atoms with Gasteiger partial charge < -0.3 is 24.4 Å². The molecule has 50 heavy (non-hydrogen) atoms. The fraction of sp³-hybridized carbons (Fsp3) is 0.263. The van der Waals surface area contributed by atoms with Gasteiger partial charge in [-0.15, -0.1) is 0 Å². The Morgan fingerprint density at radius 1 is 1.00 bits per heavy atom. The van der Waals surface area contributed by atoms with Gasteiger partial charge in [-0.05, 0) is 86.6 Å². The number of rotatable bonds is 15. The maximum absolute atomic E-state index is 13.6. The molecule has 0 saturated heterocycles. The van der Waals surface area contributed by atoms with Crippen LogP contribution in [0.25, 0.3) is 10.9 Å². The number of sulfone groups is 1. The molecule has 1 aliphatic heterocycles. The summed E-state index contributed by atoms with van der Waals surface area (Å²) in [6.45, 7) is 1.28. The molecule has 1 aliphatic rings. The lowest BCUT2D eigenvalue weighted by molar-refractivity contribution is 0.0263. The monoisotopic (exact) mass is 716 g/mol. The van der Waals surface area contributed by atoms with Gasteiger partial charge in [0.1, 0.15) is 41.7 Å². The van der Waals surface area contributed by atoms with Crippen LogP contribution >= 0.6 is 11.6 Å². The fourth-order valence-corrected chi connectivity index (χ4v) is 7.63. The number of ether oxygens (including phenoxy) is 3. The van der Waals surface area contributed by atoms with Gasteiger partial charge in [0.15, 0.2) is 9.84 Å². The molecule has 1 N–H and O–H groups in total. The normalized spacial score (nSPS) is 15.7. The van der Waals surface area contributed by atoms with E-state index >= 15 is 0 Å². The van der Waals surface area contributed by atoms with Crippen LogP contribution in [0.3, 0.4) is 0 Å². The second-order valence-corrected chi connectivity index (χ2v) is 14.7. The third-order valence-electron chi connectivity index (χ3n) is 8.73. The van der Waals surface area contributed by atoms with E-state index in [9.17, 15) is 12.8 Å². The van der Waals surface area contributed by atoms with E-state index in [4.69, 9.17) is 25.8 Å². The highest BCUT2D eigenvalue weighted by molar-refractivity contribution is 7.91. The Hall–Kier alpha value is -4.71. The number of fused-ring (bicyclic) bond motifs is 1. The molecule has 9 nitrogen and oxygen atoms in total. The van der Waals surface area contributed by atoms with Gasteiger partial charge in [0.2, 0.25) is 0 Å². The van der Waals surface area contributed by atoms with E-state index in [-0.39, 0.29) is 18.2 Å². The van der Waals surface area contributed by atoms with Gasteiger partial charge in [-0.25, -0.2) is 22.8 Å². The lowest BCUT2D eigenvalue weighted by Gasteiger charge is -2.32. The summed E-state index contributed by atoms with van der Waals surface area (Å²) in [7, 11) is 0.197. The zero-order chi connectivity index (χ0) is 35.1. The van der Waals surface area contributed by atoms with Crippen LogP contribution in [0.2, 0.25) is 5.02 Å². The van der Waals surface area contributed by atoms with Crippen LogP contribution in [0, 0.1) is 5.82 Å². The molecule has 6 rings (SSSR count). The first-order valence-corrected chi connectivity index (χ1v) is 18.2. The van der Waals surface area contributed by atoms with E-state index in [1.807, 2.05) is 36.2 Å². The van der Waals surface area contributed by atoms with Gasteiger partial charge in [-0.1, -0.05) is 41.9 Å². The molecule has 1 unspecified atom stereocenters. The minimum Gasteiger partial charge on any atom is -0.496 e. The van der Waals surface area contributed by atoms with Crippen molar-refractivity contribution in [3.8, 4) is 11.5 Å². The molecule has 0 aliphatic carbocycles. The van der Waals surface area contributed by atoms with Crippen LogP contribution in [-0.2, 0) is 26.8 Å². The molecule has 4 aromatic carbocycles. The zero-order valence-electron chi connectivity index (χ0n) is 27.8. The smallest absolute Gasteiger partial charge is 0.179 e. The Labute approximate surface area is 296 Å². The molecule has 0 bridgehead atoms. The standard InChI is InChI=1S/C38H38ClFN4O5S/c1-44(18-20-50(45,46)30-11-4-3-5-12-30)17-7-15-38(16-8-19-49-38)32-23-31-34(24-36(32)47-2)41-26-42-37(31)43-29-13-14-35(33(39)22-29)48-25-27-9-6-10-28(40)21-27/h3-6,8-14,19,21-24,26H,7,15-18,20,25H2,1-2H3,(H,41,42,43). The molecule has 0 radical (unpaired) electrons. The Morgan fingerprint density at radius 3 is 2.58 bits per heavy atom. The second kappa shape index (κ2) is 15.5. The average Bonchev–Trinajstić information content (AvgIpc) is 3.60. The van der Waals surface area contributed by atoms with Crippen molar-refractivity contribution in [1.29, 1.82) is 0 Å². The molecule has 5 aromatic rings. The largest absolute Gasteiger partial charge is 0.496 e. The summed E-state index contributed by atoms with van der Waals surface area (Å²) in [5, 5.41) is 4.52. The van der Waals surface area contributed by atoms with Crippen molar-refractivity contribution < 1.29 is 27.0 Å². The minimum atomic E-state index is -3.36. The van der Waals surface area contributed by atoms with Crippen LogP contribution in [0.5, 0.6) is 11.5 Å². The van der Waals surface area contributed by atoms with Gasteiger partial charge in [-0.2, -0.15) is 0 Å². The van der Waals surface area contributed by atoms with E-state index in [1.165, 1.54) is 18.5 Å². The van der Waals surface area contributed by atoms with Crippen LogP contribution in [-0.4, -0.2) is 56.3 Å². The zero-order valence-corrected chi connectivity index (χ0v) is 29.4. The van der Waals surface area contributed by atoms with E-state index in [1.54, 1.807) is 68.0 Å². The number of nitrogens with one attached hydrogen (secondary N) is 1. The molecule has 12 heteroatoms. The highest BCUT2D eigenvalue weighted by Crippen LogP contribution is 2.45. The summed E-state index contributed by atoms with van der Waals surface area (Å²) < 4.78 is 57.2.